The molecule has 9 heteroatoms. The average molecular weight is 513 g/mol. The van der Waals surface area contributed by atoms with E-state index in [0.29, 0.717) is 12.6 Å². The molecule has 0 saturated heterocycles. The molecule has 1 unspecified atom stereocenters. The van der Waals surface area contributed by atoms with E-state index in [9.17, 15) is 0 Å². The Labute approximate surface area is 219 Å². The molecule has 0 amide bonds. The molecular weight excluding hydrogens is 484 g/mol. The van der Waals surface area contributed by atoms with E-state index >= 15 is 0 Å². The number of hydrogen-bond donors (Lipinski definition) is 2. The number of rotatable bonds is 4. The van der Waals surface area contributed by atoms with Crippen LogP contribution in [-0.4, -0.2) is 35.3 Å². The summed E-state index contributed by atoms with van der Waals surface area (Å²) < 4.78 is 13.0. The third-order valence-electron chi connectivity index (χ3n) is 6.33. The molecule has 1 aromatic heterocycles. The SMILES string of the molecule is Cc1nc2ccc(Oc3ccc(N=C4N=CNC5=CC=C(NC6=NC(C)(C)CO6)CC54)cc3C)cc2s1. The normalized spacial score (nSPS) is 21.0. The predicted octanol–water partition coefficient (Wildman–Crippen LogP) is 5.91. The first-order chi connectivity index (χ1) is 17.8. The molecule has 37 heavy (non-hydrogen) atoms. The summed E-state index contributed by atoms with van der Waals surface area (Å²) in [5, 5.41) is 7.64. The second-order valence-electron chi connectivity index (χ2n) is 10.0. The summed E-state index contributed by atoms with van der Waals surface area (Å²) in [6.45, 7) is 8.72. The van der Waals surface area contributed by atoms with Crippen LogP contribution in [0.2, 0.25) is 0 Å². The van der Waals surface area contributed by atoms with Crippen LogP contribution >= 0.6 is 11.3 Å². The van der Waals surface area contributed by atoms with Gasteiger partial charge in [0.05, 0.1) is 38.7 Å². The third kappa shape index (κ3) is 4.99. The third-order valence-corrected chi connectivity index (χ3v) is 7.27. The van der Waals surface area contributed by atoms with Crippen LogP contribution in [0.1, 0.15) is 30.8 Å². The lowest BCUT2D eigenvalue weighted by Gasteiger charge is -2.27. The lowest BCUT2D eigenvalue weighted by atomic mass is 9.92. The van der Waals surface area contributed by atoms with Gasteiger partial charge in [0.2, 0.25) is 0 Å². The highest BCUT2D eigenvalue weighted by Gasteiger charge is 2.30. The molecule has 1 aliphatic carbocycles. The van der Waals surface area contributed by atoms with Gasteiger partial charge in [0.15, 0.2) is 0 Å². The number of aryl methyl sites for hydroxylation is 2. The minimum Gasteiger partial charge on any atom is -0.462 e. The minimum atomic E-state index is -0.206. The van der Waals surface area contributed by atoms with Gasteiger partial charge in [0.1, 0.15) is 23.9 Å². The van der Waals surface area contributed by atoms with Gasteiger partial charge in [-0.05, 0) is 75.7 Å². The van der Waals surface area contributed by atoms with Crippen LogP contribution in [0, 0.1) is 19.8 Å². The number of benzene rings is 2. The molecule has 3 aromatic rings. The Balaban J connectivity index is 1.19. The van der Waals surface area contributed by atoms with Gasteiger partial charge in [-0.25, -0.2) is 20.0 Å². The van der Waals surface area contributed by atoms with Crippen molar-refractivity contribution in [3.05, 3.63) is 70.5 Å². The Kier molecular flexibility index (Phi) is 5.79. The van der Waals surface area contributed by atoms with Crippen molar-refractivity contribution in [2.45, 2.75) is 39.7 Å². The highest BCUT2D eigenvalue weighted by molar-refractivity contribution is 7.18. The molecule has 0 bridgehead atoms. The molecule has 6 rings (SSSR count). The van der Waals surface area contributed by atoms with Crippen molar-refractivity contribution in [3.8, 4) is 11.5 Å². The first kappa shape index (κ1) is 23.4. The maximum atomic E-state index is 6.19. The van der Waals surface area contributed by atoms with Crippen molar-refractivity contribution in [2.75, 3.05) is 6.61 Å². The molecule has 2 aliphatic heterocycles. The number of hydrogen-bond acceptors (Lipinski definition) is 8. The summed E-state index contributed by atoms with van der Waals surface area (Å²) in [5.74, 6) is 2.36. The van der Waals surface area contributed by atoms with E-state index in [-0.39, 0.29) is 11.5 Å². The smallest absolute Gasteiger partial charge is 0.289 e. The van der Waals surface area contributed by atoms with Gasteiger partial charge in [-0.15, -0.1) is 11.3 Å². The monoisotopic (exact) mass is 512 g/mol. The highest BCUT2D eigenvalue weighted by atomic mass is 32.1. The number of amidine groups is 2. The fraction of sp³-hybridized carbons (Fsp3) is 0.286. The summed E-state index contributed by atoms with van der Waals surface area (Å²) in [6.07, 6.45) is 6.52. The fourth-order valence-electron chi connectivity index (χ4n) is 4.49. The fourth-order valence-corrected chi connectivity index (χ4v) is 5.35. The zero-order valence-electron chi connectivity index (χ0n) is 21.2. The van der Waals surface area contributed by atoms with Crippen LogP contribution in [0.25, 0.3) is 10.2 Å². The predicted molar refractivity (Wildman–Crippen MR) is 149 cm³/mol. The molecule has 188 valence electrons. The average Bonchev–Trinajstić information content (AvgIpc) is 3.40. The van der Waals surface area contributed by atoms with Crippen molar-refractivity contribution in [2.24, 2.45) is 20.9 Å². The molecule has 2 N–H and O–H groups in total. The van der Waals surface area contributed by atoms with Crippen LogP contribution < -0.4 is 15.4 Å². The van der Waals surface area contributed by atoms with E-state index in [0.717, 1.165) is 61.6 Å². The molecule has 2 aromatic carbocycles. The number of nitrogens with zero attached hydrogens (tertiary/aromatic N) is 4. The zero-order chi connectivity index (χ0) is 25.6. The van der Waals surface area contributed by atoms with Crippen LogP contribution in [-0.2, 0) is 4.74 Å². The summed E-state index contributed by atoms with van der Waals surface area (Å²) >= 11 is 1.67. The minimum absolute atomic E-state index is 0.0123. The zero-order valence-corrected chi connectivity index (χ0v) is 22.0. The summed E-state index contributed by atoms with van der Waals surface area (Å²) in [4.78, 5) is 18.6. The molecule has 1 atom stereocenters. The van der Waals surface area contributed by atoms with E-state index in [4.69, 9.17) is 14.5 Å². The Morgan fingerprint density at radius 3 is 2.86 bits per heavy atom. The van der Waals surface area contributed by atoms with E-state index in [2.05, 4.69) is 45.5 Å². The van der Waals surface area contributed by atoms with Crippen LogP contribution in [0.15, 0.2) is 74.9 Å². The van der Waals surface area contributed by atoms with Gasteiger partial charge in [0.25, 0.3) is 6.02 Å². The van der Waals surface area contributed by atoms with Crippen molar-refractivity contribution in [1.82, 2.24) is 15.6 Å². The number of ether oxygens (including phenoxy) is 2. The van der Waals surface area contributed by atoms with Gasteiger partial charge < -0.3 is 20.1 Å². The number of aromatic nitrogens is 1. The summed E-state index contributed by atoms with van der Waals surface area (Å²) in [5.41, 5.74) is 4.71. The van der Waals surface area contributed by atoms with Gasteiger partial charge in [-0.3, -0.25) is 0 Å². The maximum Gasteiger partial charge on any atom is 0.289 e. The molecule has 3 aliphatic rings. The Hall–Kier alpha value is -3.98. The Bertz CT molecular complexity index is 1550. The number of thiazole rings is 1. The number of fused-ring (bicyclic) bond motifs is 2. The van der Waals surface area contributed by atoms with Crippen LogP contribution in [0.4, 0.5) is 5.69 Å². The number of aliphatic imine (C=N–C) groups is 3. The van der Waals surface area contributed by atoms with E-state index in [1.165, 1.54) is 0 Å². The van der Waals surface area contributed by atoms with Gasteiger partial charge in [-0.2, -0.15) is 0 Å². The molecular formula is C28H28N6O2S. The van der Waals surface area contributed by atoms with E-state index in [1.807, 2.05) is 56.3 Å². The number of allylic oxidation sites excluding steroid dienone is 3. The molecule has 0 saturated carbocycles. The lowest BCUT2D eigenvalue weighted by Crippen LogP contribution is -2.35. The lowest BCUT2D eigenvalue weighted by molar-refractivity contribution is 0.271. The second-order valence-corrected chi connectivity index (χ2v) is 11.2. The first-order valence-corrected chi connectivity index (χ1v) is 13.1. The van der Waals surface area contributed by atoms with E-state index < -0.39 is 0 Å². The Morgan fingerprint density at radius 1 is 1.16 bits per heavy atom. The largest absolute Gasteiger partial charge is 0.462 e. The van der Waals surface area contributed by atoms with Crippen LogP contribution in [0.5, 0.6) is 11.5 Å². The quantitative estimate of drug-likeness (QED) is 0.453. The van der Waals surface area contributed by atoms with Gasteiger partial charge in [-0.1, -0.05) is 0 Å². The number of nitrogens with one attached hydrogen (secondary N) is 2. The topological polar surface area (TPSA) is 92.5 Å². The Morgan fingerprint density at radius 2 is 2.05 bits per heavy atom. The molecule has 3 heterocycles. The van der Waals surface area contributed by atoms with Crippen LogP contribution in [0.3, 0.4) is 0 Å². The molecule has 0 fully saturated rings. The molecule has 0 radical (unpaired) electrons. The summed E-state index contributed by atoms with van der Waals surface area (Å²) in [6, 6.07) is 12.5. The molecule has 0 spiro atoms. The van der Waals surface area contributed by atoms with Gasteiger partial charge >= 0.3 is 0 Å². The maximum absolute atomic E-state index is 6.19. The molecule has 8 nitrogen and oxygen atoms in total. The standard InChI is InChI=1S/C28H28N6O2S/c1-16-11-18(6-10-24(16)36-20-7-9-23-25(13-20)37-17(2)31-23)32-26-21-12-19(5-8-22(21)29-15-30-26)33-27-34-28(3,4)14-35-27/h5-11,13,15,21H,12,14H2,1-4H3,(H,33,34)(H,29,30,32). The first-order valence-electron chi connectivity index (χ1n) is 12.3. The highest BCUT2D eigenvalue weighted by Crippen LogP contribution is 2.33. The summed E-state index contributed by atoms with van der Waals surface area (Å²) in [7, 11) is 0. The van der Waals surface area contributed by atoms with Crippen molar-refractivity contribution < 1.29 is 9.47 Å². The van der Waals surface area contributed by atoms with Gasteiger partial charge in [0, 0.05) is 23.9 Å². The van der Waals surface area contributed by atoms with Crippen molar-refractivity contribution >= 4 is 45.4 Å². The van der Waals surface area contributed by atoms with Crippen molar-refractivity contribution in [3.63, 3.8) is 0 Å². The second kappa shape index (κ2) is 9.15. The van der Waals surface area contributed by atoms with Crippen molar-refractivity contribution in [1.29, 1.82) is 0 Å². The van der Waals surface area contributed by atoms with E-state index in [1.54, 1.807) is 17.7 Å².